The van der Waals surface area contributed by atoms with Gasteiger partial charge < -0.3 is 5.11 Å². The first-order chi connectivity index (χ1) is 12.9. The largest absolute Gasteiger partial charge is 0.506 e. The van der Waals surface area contributed by atoms with E-state index in [4.69, 9.17) is 0 Å². The molecule has 0 spiro atoms. The van der Waals surface area contributed by atoms with Crippen molar-refractivity contribution >= 4 is 91.9 Å². The molecule has 0 fully saturated rings. The maximum Gasteiger partial charge on any atom is 0.297 e. The minimum atomic E-state index is -4.53. The van der Waals surface area contributed by atoms with Crippen LogP contribution in [-0.2, 0) is 10.1 Å². The summed E-state index contributed by atoms with van der Waals surface area (Å²) in [7, 11) is -4.53. The maximum absolute atomic E-state index is 12.0. The summed E-state index contributed by atoms with van der Waals surface area (Å²) in [6, 6.07) is 20.5. The molecule has 0 aliphatic carbocycles. The van der Waals surface area contributed by atoms with E-state index in [9.17, 15) is 18.1 Å². The number of rotatable bonds is 3. The number of nitrogens with zero attached hydrogens (tertiary/aromatic N) is 2. The van der Waals surface area contributed by atoms with Crippen LogP contribution in [0.1, 0.15) is 0 Å². The van der Waals surface area contributed by atoms with E-state index in [-0.39, 0.29) is 70.9 Å². The van der Waals surface area contributed by atoms with E-state index in [2.05, 4.69) is 10.2 Å². The number of benzene rings is 4. The molecule has 0 aromatic heterocycles. The van der Waals surface area contributed by atoms with Crippen molar-refractivity contribution in [2.24, 2.45) is 10.2 Å². The zero-order valence-electron chi connectivity index (χ0n) is 14.6. The summed E-state index contributed by atoms with van der Waals surface area (Å²) in [4.78, 5) is -0.316. The number of phenolic OH excluding ortho intramolecular Hbond substituents is 1. The predicted molar refractivity (Wildman–Crippen MR) is 109 cm³/mol. The van der Waals surface area contributed by atoms with E-state index in [0.29, 0.717) is 16.2 Å². The summed E-state index contributed by atoms with van der Waals surface area (Å²) in [5.41, 5.74) is 0.214. The minimum absolute atomic E-state index is 0. The van der Waals surface area contributed by atoms with Crippen LogP contribution in [0.4, 0.5) is 11.4 Å². The third-order valence-electron chi connectivity index (χ3n) is 4.25. The van der Waals surface area contributed by atoms with Crippen molar-refractivity contribution in [3.8, 4) is 5.75 Å². The molecule has 8 heteroatoms. The van der Waals surface area contributed by atoms with E-state index >= 15 is 0 Å². The van der Waals surface area contributed by atoms with Gasteiger partial charge in [0.25, 0.3) is 10.1 Å². The fraction of sp³-hybridized carbons (Fsp3) is 0. The predicted octanol–water partition coefficient (Wildman–Crippen LogP) is 4.98. The van der Waals surface area contributed by atoms with Crippen LogP contribution < -0.4 is 0 Å². The topological polar surface area (TPSA) is 99.3 Å². The molecule has 0 heterocycles. The first-order valence-electron chi connectivity index (χ1n) is 8.07. The standard InChI is InChI=1S/C20H14N2O4S.Ba/c23-18-12-10-13-5-1-3-7-15(13)19(18)22-21-17-11-9-14-6-2-4-8-16(14)20(17)27(24,25)26;/h1-12,23H,(H,24,25,26);. The van der Waals surface area contributed by atoms with Crippen molar-refractivity contribution in [2.75, 3.05) is 0 Å². The average Bonchev–Trinajstić information content (AvgIpc) is 2.66. The van der Waals surface area contributed by atoms with Crippen molar-refractivity contribution in [2.45, 2.75) is 4.90 Å². The number of fused-ring (bicyclic) bond motifs is 2. The molecule has 2 radical (unpaired) electrons. The summed E-state index contributed by atoms with van der Waals surface area (Å²) in [5, 5.41) is 20.8. The Morgan fingerprint density at radius 3 is 1.96 bits per heavy atom. The Bertz CT molecular complexity index is 1320. The molecule has 28 heavy (non-hydrogen) atoms. The van der Waals surface area contributed by atoms with E-state index in [1.807, 2.05) is 12.1 Å². The molecule has 0 bridgehead atoms. The SMILES string of the molecule is O=S(=O)(O)c1c(N=Nc2c(O)ccc3ccccc23)ccc2ccccc12.[Ba]. The smallest absolute Gasteiger partial charge is 0.297 e. The molecule has 136 valence electrons. The molecule has 0 atom stereocenters. The normalized spacial score (nSPS) is 11.8. The Hall–Kier alpha value is -1.72. The van der Waals surface area contributed by atoms with Crippen LogP contribution in [0.3, 0.4) is 0 Å². The fourth-order valence-electron chi connectivity index (χ4n) is 3.03. The van der Waals surface area contributed by atoms with Gasteiger partial charge in [-0.05, 0) is 22.9 Å². The van der Waals surface area contributed by atoms with Crippen LogP contribution in [0.15, 0.2) is 87.9 Å². The number of hydrogen-bond acceptors (Lipinski definition) is 5. The molecular formula is C20H14BaN2O4S. The van der Waals surface area contributed by atoms with Gasteiger partial charge in [-0.25, -0.2) is 0 Å². The Morgan fingerprint density at radius 1 is 0.714 bits per heavy atom. The van der Waals surface area contributed by atoms with Gasteiger partial charge >= 0.3 is 0 Å². The van der Waals surface area contributed by atoms with E-state index in [0.717, 1.165) is 5.39 Å². The Morgan fingerprint density at radius 2 is 1.29 bits per heavy atom. The fourth-order valence-corrected chi connectivity index (χ4v) is 3.87. The second-order valence-electron chi connectivity index (χ2n) is 5.96. The summed E-state index contributed by atoms with van der Waals surface area (Å²) in [5.74, 6) is -0.0772. The van der Waals surface area contributed by atoms with Gasteiger partial charge in [-0.1, -0.05) is 60.7 Å². The Labute approximate surface area is 201 Å². The molecule has 4 rings (SSSR count). The van der Waals surface area contributed by atoms with Gasteiger partial charge in [-0.3, -0.25) is 4.55 Å². The van der Waals surface area contributed by atoms with Crippen molar-refractivity contribution in [3.63, 3.8) is 0 Å². The average molecular weight is 516 g/mol. The second-order valence-corrected chi connectivity index (χ2v) is 7.32. The van der Waals surface area contributed by atoms with Gasteiger partial charge in [0, 0.05) is 59.7 Å². The molecule has 0 amide bonds. The summed E-state index contributed by atoms with van der Waals surface area (Å²) in [6.07, 6.45) is 0. The van der Waals surface area contributed by atoms with Gasteiger partial charge in [0.2, 0.25) is 0 Å². The van der Waals surface area contributed by atoms with Gasteiger partial charge in [-0.2, -0.15) is 8.42 Å². The molecule has 0 unspecified atom stereocenters. The maximum atomic E-state index is 12.0. The third-order valence-corrected chi connectivity index (χ3v) is 5.20. The molecule has 2 N–H and O–H groups in total. The second kappa shape index (κ2) is 8.34. The van der Waals surface area contributed by atoms with E-state index in [1.54, 1.807) is 48.5 Å². The molecule has 4 aromatic rings. The Kier molecular flexibility index (Phi) is 6.25. The van der Waals surface area contributed by atoms with Crippen LogP contribution in [-0.4, -0.2) is 67.0 Å². The zero-order chi connectivity index (χ0) is 19.0. The quantitative estimate of drug-likeness (QED) is 0.228. The van der Waals surface area contributed by atoms with Crippen LogP contribution in [0.5, 0.6) is 5.75 Å². The minimum Gasteiger partial charge on any atom is -0.506 e. The number of phenols is 1. The van der Waals surface area contributed by atoms with Crippen molar-refractivity contribution < 1.29 is 18.1 Å². The summed E-state index contributed by atoms with van der Waals surface area (Å²) < 4.78 is 33.6. The van der Waals surface area contributed by atoms with E-state index < -0.39 is 10.1 Å². The van der Waals surface area contributed by atoms with Gasteiger partial charge in [0.05, 0.1) is 0 Å². The molecular weight excluding hydrogens is 502 g/mol. The molecule has 0 saturated heterocycles. The van der Waals surface area contributed by atoms with Crippen molar-refractivity contribution in [1.29, 1.82) is 0 Å². The van der Waals surface area contributed by atoms with Gasteiger partial charge in [0.15, 0.2) is 0 Å². The van der Waals surface area contributed by atoms with Crippen LogP contribution in [0.25, 0.3) is 21.5 Å². The number of azo groups is 1. The molecule has 4 aromatic carbocycles. The first kappa shape index (κ1) is 21.0. The molecule has 0 aliphatic heterocycles. The van der Waals surface area contributed by atoms with Gasteiger partial charge in [-0.15, -0.1) is 10.2 Å². The molecule has 0 saturated carbocycles. The van der Waals surface area contributed by atoms with Crippen molar-refractivity contribution in [1.82, 2.24) is 0 Å². The van der Waals surface area contributed by atoms with Gasteiger partial charge in [0.1, 0.15) is 22.0 Å². The Balaban J connectivity index is 0.00000225. The van der Waals surface area contributed by atoms with Crippen LogP contribution >= 0.6 is 0 Å². The van der Waals surface area contributed by atoms with Crippen LogP contribution in [0.2, 0.25) is 0 Å². The third kappa shape index (κ3) is 4.01. The van der Waals surface area contributed by atoms with E-state index in [1.165, 1.54) is 12.1 Å². The molecule has 6 nitrogen and oxygen atoms in total. The summed E-state index contributed by atoms with van der Waals surface area (Å²) >= 11 is 0. The van der Waals surface area contributed by atoms with Crippen LogP contribution in [0, 0.1) is 0 Å². The zero-order valence-corrected chi connectivity index (χ0v) is 19.9. The first-order valence-corrected chi connectivity index (χ1v) is 9.51. The molecule has 0 aliphatic rings. The summed E-state index contributed by atoms with van der Waals surface area (Å²) in [6.45, 7) is 0. The number of hydrogen-bond donors (Lipinski definition) is 2. The monoisotopic (exact) mass is 516 g/mol. The number of aromatic hydroxyl groups is 1. The van der Waals surface area contributed by atoms with Crippen molar-refractivity contribution in [3.05, 3.63) is 72.8 Å².